The molecule has 2 atom stereocenters. The van der Waals surface area contributed by atoms with Gasteiger partial charge in [0.15, 0.2) is 11.6 Å². The van der Waals surface area contributed by atoms with Crippen molar-refractivity contribution in [2.45, 2.75) is 18.1 Å². The van der Waals surface area contributed by atoms with Crippen molar-refractivity contribution in [1.29, 1.82) is 0 Å². The maximum absolute atomic E-state index is 14.1. The van der Waals surface area contributed by atoms with Gasteiger partial charge in [-0.15, -0.1) is 0 Å². The van der Waals surface area contributed by atoms with Crippen molar-refractivity contribution in [2.24, 2.45) is 0 Å². The molecule has 0 aliphatic carbocycles. The average Bonchev–Trinajstić information content (AvgIpc) is 3.05. The van der Waals surface area contributed by atoms with Gasteiger partial charge in [-0.1, -0.05) is 17.7 Å². The normalized spacial score (nSPS) is 19.7. The molecule has 1 aliphatic rings. The number of hydrogen-bond acceptors (Lipinski definition) is 2. The van der Waals surface area contributed by atoms with Gasteiger partial charge in [0.25, 0.3) is 5.91 Å². The lowest BCUT2D eigenvalue weighted by Gasteiger charge is -2.22. The summed E-state index contributed by atoms with van der Waals surface area (Å²) in [5, 5.41) is 4.61. The van der Waals surface area contributed by atoms with E-state index in [1.54, 1.807) is 0 Å². The number of hydrogen-bond donors (Lipinski definition) is 2. The fourth-order valence-electron chi connectivity index (χ4n) is 3.15. The van der Waals surface area contributed by atoms with Gasteiger partial charge < -0.3 is 10.6 Å². The standard InChI is InChI=1S/C18H13ClF6N2O/c19-16-8(2-1-3-11(16)18(23,24)25)17(28)27-15-7-26-6-10(15)9-4-13(21)14(22)5-12(9)20/h1-5,10,15,26H,6-7H2,(H,27,28)/t10-,15+/m0/s1. The molecule has 0 radical (unpaired) electrons. The van der Waals surface area contributed by atoms with E-state index in [2.05, 4.69) is 10.6 Å². The Bertz CT molecular complexity index is 918. The van der Waals surface area contributed by atoms with Crippen molar-refractivity contribution in [1.82, 2.24) is 10.6 Å². The highest BCUT2D eigenvalue weighted by molar-refractivity contribution is 6.34. The average molecular weight is 423 g/mol. The molecule has 0 bridgehead atoms. The first-order valence-electron chi connectivity index (χ1n) is 8.11. The summed E-state index contributed by atoms with van der Waals surface area (Å²) in [7, 11) is 0. The molecule has 1 saturated heterocycles. The van der Waals surface area contributed by atoms with Gasteiger partial charge >= 0.3 is 6.18 Å². The second-order valence-corrected chi connectivity index (χ2v) is 6.68. The van der Waals surface area contributed by atoms with E-state index in [4.69, 9.17) is 11.6 Å². The first-order valence-corrected chi connectivity index (χ1v) is 8.49. The minimum atomic E-state index is -4.74. The van der Waals surface area contributed by atoms with Gasteiger partial charge in [-0.05, 0) is 23.8 Å². The number of halogens is 7. The SMILES string of the molecule is O=C(N[C@@H]1CNC[C@H]1c1cc(F)c(F)cc1F)c1cccc(C(F)(F)F)c1Cl. The largest absolute Gasteiger partial charge is 0.417 e. The maximum Gasteiger partial charge on any atom is 0.417 e. The number of alkyl halides is 3. The Labute approximate surface area is 160 Å². The highest BCUT2D eigenvalue weighted by Crippen LogP contribution is 2.36. The van der Waals surface area contributed by atoms with Gasteiger partial charge in [0, 0.05) is 31.1 Å². The van der Waals surface area contributed by atoms with Crippen molar-refractivity contribution in [3.8, 4) is 0 Å². The van der Waals surface area contributed by atoms with E-state index in [0.29, 0.717) is 12.1 Å². The van der Waals surface area contributed by atoms with Crippen LogP contribution in [0.4, 0.5) is 26.3 Å². The second-order valence-electron chi connectivity index (χ2n) is 6.30. The molecule has 1 heterocycles. The zero-order valence-electron chi connectivity index (χ0n) is 14.0. The van der Waals surface area contributed by atoms with Gasteiger partial charge in [-0.25, -0.2) is 13.2 Å². The van der Waals surface area contributed by atoms with Crippen LogP contribution in [0, 0.1) is 17.5 Å². The van der Waals surface area contributed by atoms with Crippen molar-refractivity contribution < 1.29 is 31.1 Å². The Hall–Kier alpha value is -2.26. The fraction of sp³-hybridized carbons (Fsp3) is 0.278. The lowest BCUT2D eigenvalue weighted by molar-refractivity contribution is -0.137. The van der Waals surface area contributed by atoms with Crippen LogP contribution in [0.15, 0.2) is 30.3 Å². The summed E-state index contributed by atoms with van der Waals surface area (Å²) in [6, 6.07) is 3.27. The highest BCUT2D eigenvalue weighted by Gasteiger charge is 2.36. The lowest BCUT2D eigenvalue weighted by Crippen LogP contribution is -2.40. The number of rotatable bonds is 3. The molecule has 0 unspecified atom stereocenters. The summed E-state index contributed by atoms with van der Waals surface area (Å²) < 4.78 is 79.6. The zero-order valence-corrected chi connectivity index (χ0v) is 14.8. The van der Waals surface area contributed by atoms with Crippen LogP contribution in [0.5, 0.6) is 0 Å². The molecular formula is C18H13ClF6N2O. The molecule has 150 valence electrons. The van der Waals surface area contributed by atoms with E-state index in [-0.39, 0.29) is 18.7 Å². The molecule has 1 fully saturated rings. The second kappa shape index (κ2) is 7.63. The van der Waals surface area contributed by atoms with Gasteiger partial charge in [0.2, 0.25) is 0 Å². The molecule has 1 amide bonds. The molecule has 3 nitrogen and oxygen atoms in total. The molecule has 10 heteroatoms. The Kier molecular flexibility index (Phi) is 5.58. The van der Waals surface area contributed by atoms with E-state index in [9.17, 15) is 31.1 Å². The predicted octanol–water partition coefficient (Wildman–Crippen LogP) is 4.26. The number of amides is 1. The van der Waals surface area contributed by atoms with Crippen LogP contribution in [-0.4, -0.2) is 25.0 Å². The summed E-state index contributed by atoms with van der Waals surface area (Å²) >= 11 is 5.74. The Morgan fingerprint density at radius 1 is 1.07 bits per heavy atom. The lowest BCUT2D eigenvalue weighted by atomic mass is 9.93. The number of nitrogens with one attached hydrogen (secondary N) is 2. The van der Waals surface area contributed by atoms with Crippen molar-refractivity contribution in [3.63, 3.8) is 0 Å². The molecule has 0 spiro atoms. The highest BCUT2D eigenvalue weighted by atomic mass is 35.5. The number of carbonyl (C=O) groups excluding carboxylic acids is 1. The van der Waals surface area contributed by atoms with E-state index < -0.39 is 57.6 Å². The minimum Gasteiger partial charge on any atom is -0.347 e. The third-order valence-electron chi connectivity index (χ3n) is 4.52. The smallest absolute Gasteiger partial charge is 0.347 e. The molecule has 0 saturated carbocycles. The molecule has 28 heavy (non-hydrogen) atoms. The van der Waals surface area contributed by atoms with Crippen LogP contribution in [-0.2, 0) is 6.18 Å². The van der Waals surface area contributed by atoms with Gasteiger partial charge in [0.1, 0.15) is 5.82 Å². The Balaban J connectivity index is 1.86. The van der Waals surface area contributed by atoms with Crippen molar-refractivity contribution in [3.05, 3.63) is 69.5 Å². The van der Waals surface area contributed by atoms with E-state index in [1.807, 2.05) is 0 Å². The van der Waals surface area contributed by atoms with E-state index >= 15 is 0 Å². The van der Waals surface area contributed by atoms with Crippen LogP contribution >= 0.6 is 11.6 Å². The third kappa shape index (κ3) is 3.95. The molecule has 1 aliphatic heterocycles. The molecule has 0 aromatic heterocycles. The van der Waals surface area contributed by atoms with Crippen LogP contribution in [0.25, 0.3) is 0 Å². The van der Waals surface area contributed by atoms with Gasteiger partial charge in [-0.2, -0.15) is 13.2 Å². The van der Waals surface area contributed by atoms with Crippen LogP contribution in [0.1, 0.15) is 27.4 Å². The van der Waals surface area contributed by atoms with Crippen molar-refractivity contribution >= 4 is 17.5 Å². The van der Waals surface area contributed by atoms with Crippen molar-refractivity contribution in [2.75, 3.05) is 13.1 Å². The number of carbonyl (C=O) groups is 1. The summed E-state index contributed by atoms with van der Waals surface area (Å²) in [5.41, 5.74) is -1.70. The quantitative estimate of drug-likeness (QED) is 0.573. The van der Waals surface area contributed by atoms with Crippen LogP contribution in [0.3, 0.4) is 0 Å². The zero-order chi connectivity index (χ0) is 20.6. The Morgan fingerprint density at radius 3 is 2.43 bits per heavy atom. The van der Waals surface area contributed by atoms with E-state index in [1.165, 1.54) is 0 Å². The maximum atomic E-state index is 14.1. The summed E-state index contributed by atoms with van der Waals surface area (Å²) in [6.07, 6.45) is -4.74. The summed E-state index contributed by atoms with van der Waals surface area (Å²) in [4.78, 5) is 12.5. The monoisotopic (exact) mass is 422 g/mol. The minimum absolute atomic E-state index is 0.149. The predicted molar refractivity (Wildman–Crippen MR) is 89.6 cm³/mol. The Morgan fingerprint density at radius 2 is 1.75 bits per heavy atom. The summed E-state index contributed by atoms with van der Waals surface area (Å²) in [5.74, 6) is -5.21. The molecule has 2 aromatic carbocycles. The third-order valence-corrected chi connectivity index (χ3v) is 4.93. The first-order chi connectivity index (χ1) is 13.1. The molecular weight excluding hydrogens is 410 g/mol. The first kappa shape index (κ1) is 20.5. The summed E-state index contributed by atoms with van der Waals surface area (Å²) in [6.45, 7) is 0.314. The topological polar surface area (TPSA) is 41.1 Å². The van der Waals surface area contributed by atoms with Gasteiger partial charge in [0.05, 0.1) is 16.1 Å². The molecule has 2 N–H and O–H groups in total. The van der Waals surface area contributed by atoms with Crippen LogP contribution < -0.4 is 10.6 Å². The van der Waals surface area contributed by atoms with Crippen LogP contribution in [0.2, 0.25) is 5.02 Å². The van der Waals surface area contributed by atoms with Gasteiger partial charge in [-0.3, -0.25) is 4.79 Å². The molecule has 2 aromatic rings. The molecule has 3 rings (SSSR count). The fourth-order valence-corrected chi connectivity index (χ4v) is 3.47. The number of benzene rings is 2. The van der Waals surface area contributed by atoms with E-state index in [0.717, 1.165) is 18.2 Å².